The monoisotopic (exact) mass is 242 g/mol. The van der Waals surface area contributed by atoms with Gasteiger partial charge in [-0.1, -0.05) is 6.92 Å². The zero-order chi connectivity index (χ0) is 12.2. The van der Waals surface area contributed by atoms with Crippen LogP contribution in [0.25, 0.3) is 0 Å². The molecule has 0 saturated heterocycles. The third-order valence-corrected chi connectivity index (χ3v) is 4.09. The molecule has 0 radical (unpaired) electrons. The molecule has 0 amide bonds. The molecule has 16 heavy (non-hydrogen) atoms. The summed E-state index contributed by atoms with van der Waals surface area (Å²) in [5.41, 5.74) is 6.49. The van der Waals surface area contributed by atoms with Crippen molar-refractivity contribution in [2.75, 3.05) is 5.75 Å². The van der Waals surface area contributed by atoms with Gasteiger partial charge in [-0.05, 0) is 31.4 Å². The van der Waals surface area contributed by atoms with Gasteiger partial charge in [0.15, 0.2) is 9.84 Å². The average molecular weight is 242 g/mol. The van der Waals surface area contributed by atoms with E-state index in [0.717, 1.165) is 12.0 Å². The minimum Gasteiger partial charge on any atom is -0.328 e. The van der Waals surface area contributed by atoms with Gasteiger partial charge in [0, 0.05) is 18.4 Å². The number of rotatable bonds is 5. The van der Waals surface area contributed by atoms with E-state index in [0.29, 0.717) is 11.3 Å². The number of aromatic nitrogens is 1. The molecule has 0 aliphatic carbocycles. The molecule has 0 saturated carbocycles. The van der Waals surface area contributed by atoms with Crippen LogP contribution in [0.5, 0.6) is 0 Å². The second-order valence-electron chi connectivity index (χ2n) is 3.97. The van der Waals surface area contributed by atoms with Gasteiger partial charge in [0.25, 0.3) is 0 Å². The van der Waals surface area contributed by atoms with Gasteiger partial charge in [0.2, 0.25) is 0 Å². The van der Waals surface area contributed by atoms with Crippen molar-refractivity contribution in [3.05, 3.63) is 24.0 Å². The number of aryl methyl sites for hydroxylation is 1. The number of nitrogens with two attached hydrogens (primary N) is 1. The van der Waals surface area contributed by atoms with Crippen molar-refractivity contribution in [2.45, 2.75) is 37.6 Å². The Hall–Kier alpha value is -0.940. The topological polar surface area (TPSA) is 73.0 Å². The standard InChI is InChI=1S/C11H18N2O2S/c1-3-10-6-11(8-13-7-10)16(14,15)5-4-9(2)12/h6-9H,3-5,12H2,1-2H3. The highest BCUT2D eigenvalue weighted by Gasteiger charge is 2.15. The summed E-state index contributed by atoms with van der Waals surface area (Å²) in [5, 5.41) is 0. The lowest BCUT2D eigenvalue weighted by Crippen LogP contribution is -2.20. The van der Waals surface area contributed by atoms with Gasteiger partial charge in [0.05, 0.1) is 10.6 Å². The summed E-state index contributed by atoms with van der Waals surface area (Å²) >= 11 is 0. The Labute approximate surface area is 96.8 Å². The highest BCUT2D eigenvalue weighted by atomic mass is 32.2. The maximum absolute atomic E-state index is 11.9. The minimum absolute atomic E-state index is 0.0829. The molecular formula is C11H18N2O2S. The highest BCUT2D eigenvalue weighted by Crippen LogP contribution is 2.13. The number of hydrogen-bond acceptors (Lipinski definition) is 4. The molecule has 5 heteroatoms. The molecule has 0 fully saturated rings. The molecule has 2 N–H and O–H groups in total. The van der Waals surface area contributed by atoms with E-state index in [4.69, 9.17) is 5.73 Å². The largest absolute Gasteiger partial charge is 0.328 e. The van der Waals surface area contributed by atoms with Crippen molar-refractivity contribution < 1.29 is 8.42 Å². The average Bonchev–Trinajstić information content (AvgIpc) is 2.27. The van der Waals surface area contributed by atoms with Crippen molar-refractivity contribution in [3.8, 4) is 0 Å². The Kier molecular flexibility index (Phi) is 4.44. The van der Waals surface area contributed by atoms with Gasteiger partial charge in [-0.2, -0.15) is 0 Å². The predicted molar refractivity (Wildman–Crippen MR) is 63.9 cm³/mol. The molecule has 0 bridgehead atoms. The molecule has 1 heterocycles. The van der Waals surface area contributed by atoms with Gasteiger partial charge < -0.3 is 5.73 Å². The molecule has 0 aromatic carbocycles. The van der Waals surface area contributed by atoms with Gasteiger partial charge in [-0.25, -0.2) is 8.42 Å². The summed E-state index contributed by atoms with van der Waals surface area (Å²) in [6.45, 7) is 3.77. The highest BCUT2D eigenvalue weighted by molar-refractivity contribution is 7.91. The molecule has 1 aromatic rings. The molecule has 1 unspecified atom stereocenters. The summed E-state index contributed by atoms with van der Waals surface area (Å²) in [5.74, 6) is 0.0829. The maximum Gasteiger partial charge on any atom is 0.179 e. The van der Waals surface area contributed by atoms with Crippen LogP contribution in [0, 0.1) is 0 Å². The van der Waals surface area contributed by atoms with Crippen molar-refractivity contribution in [1.82, 2.24) is 4.98 Å². The van der Waals surface area contributed by atoms with E-state index < -0.39 is 9.84 Å². The third kappa shape index (κ3) is 3.57. The van der Waals surface area contributed by atoms with Crippen LogP contribution in [0.2, 0.25) is 0 Å². The number of hydrogen-bond donors (Lipinski definition) is 1. The smallest absolute Gasteiger partial charge is 0.179 e. The molecular weight excluding hydrogens is 224 g/mol. The van der Waals surface area contributed by atoms with Crippen LogP contribution in [-0.4, -0.2) is 25.2 Å². The van der Waals surface area contributed by atoms with Gasteiger partial charge >= 0.3 is 0 Å². The Morgan fingerprint density at radius 3 is 2.69 bits per heavy atom. The summed E-state index contributed by atoms with van der Waals surface area (Å²) in [4.78, 5) is 4.24. The molecule has 0 aliphatic heterocycles. The van der Waals surface area contributed by atoms with E-state index in [-0.39, 0.29) is 11.8 Å². The predicted octanol–water partition coefficient (Wildman–Crippen LogP) is 1.16. The Balaban J connectivity index is 2.89. The normalized spacial score (nSPS) is 13.7. The first kappa shape index (κ1) is 13.1. The molecule has 1 aromatic heterocycles. The number of sulfone groups is 1. The lowest BCUT2D eigenvalue weighted by molar-refractivity contribution is 0.587. The molecule has 90 valence electrons. The van der Waals surface area contributed by atoms with Crippen LogP contribution in [0.4, 0.5) is 0 Å². The SMILES string of the molecule is CCc1cncc(S(=O)(=O)CCC(C)N)c1. The van der Waals surface area contributed by atoms with E-state index in [1.807, 2.05) is 6.92 Å². The third-order valence-electron chi connectivity index (χ3n) is 2.38. The van der Waals surface area contributed by atoms with Crippen molar-refractivity contribution >= 4 is 9.84 Å². The number of pyridine rings is 1. The zero-order valence-electron chi connectivity index (χ0n) is 9.68. The van der Waals surface area contributed by atoms with E-state index in [1.54, 1.807) is 19.2 Å². The second kappa shape index (κ2) is 5.41. The van der Waals surface area contributed by atoms with Crippen LogP contribution in [0.1, 0.15) is 25.8 Å². The van der Waals surface area contributed by atoms with Crippen LogP contribution >= 0.6 is 0 Å². The van der Waals surface area contributed by atoms with Crippen LogP contribution in [0.3, 0.4) is 0 Å². The fraction of sp³-hybridized carbons (Fsp3) is 0.545. The van der Waals surface area contributed by atoms with E-state index in [1.165, 1.54) is 6.20 Å². The second-order valence-corrected chi connectivity index (χ2v) is 6.08. The fourth-order valence-electron chi connectivity index (χ4n) is 1.29. The summed E-state index contributed by atoms with van der Waals surface area (Å²) < 4.78 is 23.8. The maximum atomic E-state index is 11.9. The van der Waals surface area contributed by atoms with E-state index >= 15 is 0 Å². The minimum atomic E-state index is -3.23. The van der Waals surface area contributed by atoms with E-state index in [9.17, 15) is 8.42 Å². The zero-order valence-corrected chi connectivity index (χ0v) is 10.5. The van der Waals surface area contributed by atoms with Gasteiger partial charge in [-0.15, -0.1) is 0 Å². The van der Waals surface area contributed by atoms with Crippen LogP contribution in [-0.2, 0) is 16.3 Å². The molecule has 0 aliphatic rings. The molecule has 0 spiro atoms. The summed E-state index contributed by atoms with van der Waals surface area (Å²) in [7, 11) is -3.23. The van der Waals surface area contributed by atoms with Crippen LogP contribution in [0.15, 0.2) is 23.4 Å². The first-order chi connectivity index (χ1) is 7.45. The molecule has 4 nitrogen and oxygen atoms in total. The fourth-order valence-corrected chi connectivity index (χ4v) is 2.76. The van der Waals surface area contributed by atoms with Gasteiger partial charge in [-0.3, -0.25) is 4.98 Å². The first-order valence-electron chi connectivity index (χ1n) is 5.38. The quantitative estimate of drug-likeness (QED) is 0.840. The lowest BCUT2D eigenvalue weighted by atomic mass is 10.2. The lowest BCUT2D eigenvalue weighted by Gasteiger charge is -2.07. The Morgan fingerprint density at radius 1 is 1.44 bits per heavy atom. The Morgan fingerprint density at radius 2 is 2.12 bits per heavy atom. The first-order valence-corrected chi connectivity index (χ1v) is 7.03. The van der Waals surface area contributed by atoms with Crippen molar-refractivity contribution in [1.29, 1.82) is 0 Å². The number of nitrogens with zero attached hydrogens (tertiary/aromatic N) is 1. The van der Waals surface area contributed by atoms with Crippen molar-refractivity contribution in [2.24, 2.45) is 5.73 Å². The Bertz CT molecular complexity index is 441. The van der Waals surface area contributed by atoms with Crippen LogP contribution < -0.4 is 5.73 Å². The van der Waals surface area contributed by atoms with E-state index in [2.05, 4.69) is 4.98 Å². The molecule has 1 atom stereocenters. The van der Waals surface area contributed by atoms with Gasteiger partial charge in [0.1, 0.15) is 0 Å². The molecule has 1 rings (SSSR count). The summed E-state index contributed by atoms with van der Waals surface area (Å²) in [6, 6.07) is 1.58. The van der Waals surface area contributed by atoms with Crippen molar-refractivity contribution in [3.63, 3.8) is 0 Å². The summed E-state index contributed by atoms with van der Waals surface area (Å²) in [6.07, 6.45) is 4.34.